The molecule has 0 fully saturated rings. The van der Waals surface area contributed by atoms with E-state index in [4.69, 9.17) is 9.47 Å². The zero-order valence-electron chi connectivity index (χ0n) is 19.7. The molecule has 0 aromatic heterocycles. The van der Waals surface area contributed by atoms with Crippen LogP contribution in [0.2, 0.25) is 0 Å². The van der Waals surface area contributed by atoms with Gasteiger partial charge in [0.2, 0.25) is 5.91 Å². The van der Waals surface area contributed by atoms with Crippen LogP contribution in [0.3, 0.4) is 0 Å². The van der Waals surface area contributed by atoms with Crippen molar-refractivity contribution in [3.8, 4) is 11.5 Å². The third-order valence-corrected chi connectivity index (χ3v) is 5.60. The normalized spacial score (nSPS) is 11.9. The fourth-order valence-corrected chi connectivity index (χ4v) is 3.68. The Morgan fingerprint density at radius 1 is 0.857 bits per heavy atom. The van der Waals surface area contributed by atoms with E-state index in [0.29, 0.717) is 53.8 Å². The van der Waals surface area contributed by atoms with Crippen molar-refractivity contribution in [1.29, 1.82) is 0 Å². The highest BCUT2D eigenvalue weighted by atomic mass is 16.6. The molecule has 0 spiro atoms. The van der Waals surface area contributed by atoms with E-state index in [-0.39, 0.29) is 24.3 Å². The maximum absolute atomic E-state index is 13.2. The number of carbonyl (C=O) groups excluding carboxylic acids is 3. The first-order chi connectivity index (χ1) is 16.9. The number of ether oxygens (including phenoxy) is 2. The standard InChI is InChI=1S/C27H27N3O5/c1-3-30(17-25(31)28-21-11-12-23-24(16-21)35-14-13-34-23)27(33)20-10-9-18(2)22(15-20)29-26(32)19-7-5-4-6-8-19/h4-12,15-16H,3,13-14,17H2,1-2H3,(H,28,31)(H,29,32). The molecule has 35 heavy (non-hydrogen) atoms. The monoisotopic (exact) mass is 473 g/mol. The number of aryl methyl sites for hydroxylation is 1. The summed E-state index contributed by atoms with van der Waals surface area (Å²) in [6.07, 6.45) is 0. The van der Waals surface area contributed by atoms with Crippen molar-refractivity contribution in [3.05, 3.63) is 83.4 Å². The maximum atomic E-state index is 13.2. The van der Waals surface area contributed by atoms with E-state index in [9.17, 15) is 14.4 Å². The molecular formula is C27H27N3O5. The SMILES string of the molecule is CCN(CC(=O)Nc1ccc2c(c1)OCCO2)C(=O)c1ccc(C)c(NC(=O)c2ccccc2)c1. The number of hydrogen-bond donors (Lipinski definition) is 2. The average Bonchev–Trinajstić information content (AvgIpc) is 2.88. The van der Waals surface area contributed by atoms with Gasteiger partial charge in [0.05, 0.1) is 0 Å². The molecule has 0 atom stereocenters. The number of hydrogen-bond acceptors (Lipinski definition) is 5. The molecule has 0 radical (unpaired) electrons. The van der Waals surface area contributed by atoms with Crippen molar-refractivity contribution < 1.29 is 23.9 Å². The van der Waals surface area contributed by atoms with Crippen LogP contribution in [-0.4, -0.2) is 48.9 Å². The molecule has 0 unspecified atom stereocenters. The van der Waals surface area contributed by atoms with E-state index in [0.717, 1.165) is 5.56 Å². The van der Waals surface area contributed by atoms with Crippen molar-refractivity contribution in [3.63, 3.8) is 0 Å². The fraction of sp³-hybridized carbons (Fsp3) is 0.222. The lowest BCUT2D eigenvalue weighted by Crippen LogP contribution is -2.38. The summed E-state index contributed by atoms with van der Waals surface area (Å²) in [7, 11) is 0. The Balaban J connectivity index is 1.43. The molecule has 3 amide bonds. The summed E-state index contributed by atoms with van der Waals surface area (Å²) < 4.78 is 11.0. The minimum atomic E-state index is -0.332. The van der Waals surface area contributed by atoms with Crippen LogP contribution in [0.1, 0.15) is 33.2 Å². The number of likely N-dealkylation sites (N-methyl/N-ethyl adjacent to an activating group) is 1. The Hall–Kier alpha value is -4.33. The third-order valence-electron chi connectivity index (χ3n) is 5.60. The molecule has 8 nitrogen and oxygen atoms in total. The highest BCUT2D eigenvalue weighted by Crippen LogP contribution is 2.32. The van der Waals surface area contributed by atoms with E-state index >= 15 is 0 Å². The van der Waals surface area contributed by atoms with E-state index in [2.05, 4.69) is 10.6 Å². The number of rotatable bonds is 7. The van der Waals surface area contributed by atoms with Crippen LogP contribution in [0.25, 0.3) is 0 Å². The molecule has 3 aromatic rings. The van der Waals surface area contributed by atoms with Gasteiger partial charge >= 0.3 is 0 Å². The van der Waals surface area contributed by atoms with Crippen molar-refractivity contribution in [2.45, 2.75) is 13.8 Å². The molecule has 0 saturated carbocycles. The van der Waals surface area contributed by atoms with Crippen LogP contribution in [0.4, 0.5) is 11.4 Å². The molecule has 0 bridgehead atoms. The number of carbonyl (C=O) groups is 3. The van der Waals surface area contributed by atoms with Crippen LogP contribution in [0, 0.1) is 6.92 Å². The summed E-state index contributed by atoms with van der Waals surface area (Å²) in [6.45, 7) is 4.82. The van der Waals surface area contributed by atoms with E-state index in [1.165, 1.54) is 4.90 Å². The molecule has 0 aliphatic carbocycles. The molecule has 1 aliphatic rings. The van der Waals surface area contributed by atoms with Crippen molar-refractivity contribution in [1.82, 2.24) is 4.90 Å². The highest BCUT2D eigenvalue weighted by molar-refractivity contribution is 6.06. The van der Waals surface area contributed by atoms with Crippen LogP contribution >= 0.6 is 0 Å². The van der Waals surface area contributed by atoms with Gasteiger partial charge in [-0.15, -0.1) is 0 Å². The second-order valence-corrected chi connectivity index (χ2v) is 8.08. The molecular weight excluding hydrogens is 446 g/mol. The van der Waals surface area contributed by atoms with Gasteiger partial charge in [-0.1, -0.05) is 24.3 Å². The number of nitrogens with one attached hydrogen (secondary N) is 2. The van der Waals surface area contributed by atoms with Crippen LogP contribution in [-0.2, 0) is 4.79 Å². The lowest BCUT2D eigenvalue weighted by molar-refractivity contribution is -0.116. The number of benzene rings is 3. The van der Waals surface area contributed by atoms with E-state index < -0.39 is 0 Å². The first-order valence-corrected chi connectivity index (χ1v) is 11.4. The first kappa shape index (κ1) is 23.8. The van der Waals surface area contributed by atoms with E-state index in [1.54, 1.807) is 60.7 Å². The molecule has 4 rings (SSSR count). The van der Waals surface area contributed by atoms with Gasteiger partial charge in [0.15, 0.2) is 11.5 Å². The van der Waals surface area contributed by atoms with Gasteiger partial charge < -0.3 is 25.0 Å². The summed E-state index contributed by atoms with van der Waals surface area (Å²) in [5, 5.41) is 5.67. The largest absolute Gasteiger partial charge is 0.486 e. The summed E-state index contributed by atoms with van der Waals surface area (Å²) in [5.41, 5.74) is 2.83. The smallest absolute Gasteiger partial charge is 0.255 e. The Morgan fingerprint density at radius 3 is 2.34 bits per heavy atom. The van der Waals surface area contributed by atoms with Crippen molar-refractivity contribution >= 4 is 29.1 Å². The predicted octanol–water partition coefficient (Wildman–Crippen LogP) is 4.12. The molecule has 180 valence electrons. The molecule has 8 heteroatoms. The van der Waals surface area contributed by atoms with Gasteiger partial charge in [-0.3, -0.25) is 14.4 Å². The first-order valence-electron chi connectivity index (χ1n) is 11.4. The maximum Gasteiger partial charge on any atom is 0.255 e. The summed E-state index contributed by atoms with van der Waals surface area (Å²) >= 11 is 0. The summed E-state index contributed by atoms with van der Waals surface area (Å²) in [4.78, 5) is 39.9. The van der Waals surface area contributed by atoms with Crippen LogP contribution in [0.15, 0.2) is 66.7 Å². The molecule has 1 aliphatic heterocycles. The number of nitrogens with zero attached hydrogens (tertiary/aromatic N) is 1. The molecule has 0 saturated heterocycles. The Bertz CT molecular complexity index is 1240. The fourth-order valence-electron chi connectivity index (χ4n) is 3.68. The molecule has 3 aromatic carbocycles. The van der Waals surface area contributed by atoms with Gasteiger partial charge in [-0.2, -0.15) is 0 Å². The van der Waals surface area contributed by atoms with Crippen LogP contribution < -0.4 is 20.1 Å². The average molecular weight is 474 g/mol. The second kappa shape index (κ2) is 10.7. The number of amides is 3. The number of anilines is 2. The zero-order chi connectivity index (χ0) is 24.8. The minimum Gasteiger partial charge on any atom is -0.486 e. The third kappa shape index (κ3) is 5.78. The summed E-state index contributed by atoms with van der Waals surface area (Å²) in [6, 6.07) is 19.1. The quantitative estimate of drug-likeness (QED) is 0.538. The van der Waals surface area contributed by atoms with E-state index in [1.807, 2.05) is 19.9 Å². The van der Waals surface area contributed by atoms with Gasteiger partial charge in [-0.05, 0) is 55.8 Å². The van der Waals surface area contributed by atoms with Crippen molar-refractivity contribution in [2.24, 2.45) is 0 Å². The summed E-state index contributed by atoms with van der Waals surface area (Å²) in [5.74, 6) is 0.308. The minimum absolute atomic E-state index is 0.122. The Morgan fingerprint density at radius 2 is 1.60 bits per heavy atom. The van der Waals surface area contributed by atoms with Crippen molar-refractivity contribution in [2.75, 3.05) is 36.9 Å². The second-order valence-electron chi connectivity index (χ2n) is 8.08. The molecule has 2 N–H and O–H groups in total. The number of fused-ring (bicyclic) bond motifs is 1. The Labute approximate surface area is 203 Å². The predicted molar refractivity (Wildman–Crippen MR) is 133 cm³/mol. The lowest BCUT2D eigenvalue weighted by atomic mass is 10.1. The van der Waals surface area contributed by atoms with Gasteiger partial charge in [0, 0.05) is 35.1 Å². The topological polar surface area (TPSA) is 97.0 Å². The zero-order valence-corrected chi connectivity index (χ0v) is 19.7. The van der Waals surface area contributed by atoms with Gasteiger partial charge in [-0.25, -0.2) is 0 Å². The van der Waals surface area contributed by atoms with Crippen LogP contribution in [0.5, 0.6) is 11.5 Å². The highest BCUT2D eigenvalue weighted by Gasteiger charge is 2.20. The lowest BCUT2D eigenvalue weighted by Gasteiger charge is -2.22. The van der Waals surface area contributed by atoms with Gasteiger partial charge in [0.25, 0.3) is 11.8 Å². The van der Waals surface area contributed by atoms with Gasteiger partial charge in [0.1, 0.15) is 19.8 Å². The molecule has 1 heterocycles. The Kier molecular flexibility index (Phi) is 7.30.